The van der Waals surface area contributed by atoms with Crippen molar-refractivity contribution in [3.63, 3.8) is 0 Å². The van der Waals surface area contributed by atoms with Gasteiger partial charge in [0, 0.05) is 10.4 Å². The van der Waals surface area contributed by atoms with Crippen molar-refractivity contribution >= 4 is 23.2 Å². The quantitative estimate of drug-likeness (QED) is 0.598. The lowest BCUT2D eigenvalue weighted by Gasteiger charge is -2.09. The number of thiophene rings is 1. The molecule has 0 radical (unpaired) electrons. The first-order chi connectivity index (χ1) is 13.9. The Morgan fingerprint density at radius 2 is 1.90 bits per heavy atom. The summed E-state index contributed by atoms with van der Waals surface area (Å²) in [5, 5.41) is 3.89. The molecule has 29 heavy (non-hydrogen) atoms. The number of amides is 2. The summed E-state index contributed by atoms with van der Waals surface area (Å²) in [5.74, 6) is 0.474. The maximum Gasteiger partial charge on any atom is 0.279 e. The normalized spacial score (nSPS) is 10.6. The smallest absolute Gasteiger partial charge is 0.279 e. The Morgan fingerprint density at radius 1 is 1.14 bits per heavy atom. The molecule has 0 saturated carbocycles. The van der Waals surface area contributed by atoms with Gasteiger partial charge >= 0.3 is 0 Å². The number of carbonyl (C=O) groups excluding carboxylic acids is 2. The molecule has 3 rings (SSSR count). The van der Waals surface area contributed by atoms with Gasteiger partial charge in [-0.2, -0.15) is 0 Å². The van der Waals surface area contributed by atoms with E-state index in [1.54, 1.807) is 24.3 Å². The van der Waals surface area contributed by atoms with E-state index in [4.69, 9.17) is 9.26 Å². The van der Waals surface area contributed by atoms with Crippen molar-refractivity contribution in [1.82, 2.24) is 16.0 Å². The molecule has 0 bridgehead atoms. The monoisotopic (exact) mass is 413 g/mol. The molecule has 3 aromatic rings. The van der Waals surface area contributed by atoms with Gasteiger partial charge in [-0.15, -0.1) is 11.3 Å². The third kappa shape index (κ3) is 4.83. The third-order valence-corrected chi connectivity index (χ3v) is 5.90. The van der Waals surface area contributed by atoms with Crippen LogP contribution >= 0.6 is 11.3 Å². The average Bonchev–Trinajstić information content (AvgIpc) is 3.26. The Labute approximate surface area is 173 Å². The summed E-state index contributed by atoms with van der Waals surface area (Å²) in [6.07, 6.45) is 0.872. The lowest BCUT2D eigenvalue weighted by Crippen LogP contribution is -2.41. The van der Waals surface area contributed by atoms with E-state index >= 15 is 0 Å². The average molecular weight is 413 g/mol. The highest BCUT2D eigenvalue weighted by atomic mass is 32.1. The molecule has 2 heterocycles. The van der Waals surface area contributed by atoms with Crippen LogP contribution < -0.4 is 15.6 Å². The standard InChI is InChI=1S/C21H23N3O4S/c1-5-18-12(2)9-19(29-18)21(26)23-22-20(25)15-7-6-8-16(10-15)27-11-17-13(3)24-28-14(17)4/h6-10H,5,11H2,1-4H3,(H,22,25)(H,23,26). The second-order valence-electron chi connectivity index (χ2n) is 6.60. The number of nitrogens with one attached hydrogen (secondary N) is 2. The van der Waals surface area contributed by atoms with Crippen LogP contribution in [0.15, 0.2) is 34.9 Å². The number of benzene rings is 1. The van der Waals surface area contributed by atoms with Crippen LogP contribution in [0.5, 0.6) is 5.75 Å². The van der Waals surface area contributed by atoms with E-state index in [-0.39, 0.29) is 5.91 Å². The van der Waals surface area contributed by atoms with Crippen LogP contribution in [0.4, 0.5) is 0 Å². The Morgan fingerprint density at radius 3 is 2.55 bits per heavy atom. The Bertz CT molecular complexity index is 1020. The van der Waals surface area contributed by atoms with Gasteiger partial charge in [0.1, 0.15) is 18.1 Å². The van der Waals surface area contributed by atoms with Crippen LogP contribution in [0.25, 0.3) is 0 Å². The summed E-state index contributed by atoms with van der Waals surface area (Å²) < 4.78 is 10.9. The molecule has 0 aliphatic rings. The number of nitrogens with zero attached hydrogens (tertiary/aromatic N) is 1. The van der Waals surface area contributed by atoms with Crippen molar-refractivity contribution in [3.05, 3.63) is 68.2 Å². The Hall–Kier alpha value is -3.13. The zero-order chi connectivity index (χ0) is 21.0. The first-order valence-electron chi connectivity index (χ1n) is 9.23. The SMILES string of the molecule is CCc1sc(C(=O)NNC(=O)c2cccc(OCc3c(C)noc3C)c2)cc1C. The zero-order valence-electron chi connectivity index (χ0n) is 16.8. The predicted octanol–water partition coefficient (Wildman–Crippen LogP) is 3.88. The van der Waals surface area contributed by atoms with Gasteiger partial charge in [0.2, 0.25) is 0 Å². The molecule has 0 spiro atoms. The predicted molar refractivity (Wildman–Crippen MR) is 110 cm³/mol. The molecular weight excluding hydrogens is 390 g/mol. The maximum atomic E-state index is 12.4. The van der Waals surface area contributed by atoms with Crippen LogP contribution in [0.3, 0.4) is 0 Å². The van der Waals surface area contributed by atoms with Gasteiger partial charge in [-0.25, -0.2) is 0 Å². The van der Waals surface area contributed by atoms with Crippen molar-refractivity contribution < 1.29 is 18.8 Å². The van der Waals surface area contributed by atoms with Gasteiger partial charge in [0.05, 0.1) is 16.1 Å². The highest BCUT2D eigenvalue weighted by Crippen LogP contribution is 2.22. The number of carbonyl (C=O) groups is 2. The lowest BCUT2D eigenvalue weighted by atomic mass is 10.2. The first kappa shape index (κ1) is 20.6. The largest absolute Gasteiger partial charge is 0.489 e. The van der Waals surface area contributed by atoms with Crippen molar-refractivity contribution in [2.24, 2.45) is 0 Å². The summed E-state index contributed by atoms with van der Waals surface area (Å²) in [6, 6.07) is 8.57. The fourth-order valence-electron chi connectivity index (χ4n) is 2.82. The summed E-state index contributed by atoms with van der Waals surface area (Å²) in [5.41, 5.74) is 8.01. The van der Waals surface area contributed by atoms with E-state index in [9.17, 15) is 9.59 Å². The third-order valence-electron chi connectivity index (χ3n) is 4.52. The van der Waals surface area contributed by atoms with Crippen LogP contribution in [0.2, 0.25) is 0 Å². The minimum atomic E-state index is -0.426. The number of aryl methyl sites for hydroxylation is 4. The van der Waals surface area contributed by atoms with Crippen LogP contribution in [-0.4, -0.2) is 17.0 Å². The van der Waals surface area contributed by atoms with E-state index in [2.05, 4.69) is 16.0 Å². The fraction of sp³-hybridized carbons (Fsp3) is 0.286. The van der Waals surface area contributed by atoms with E-state index in [0.29, 0.717) is 28.6 Å². The zero-order valence-corrected chi connectivity index (χ0v) is 17.6. The van der Waals surface area contributed by atoms with Gasteiger partial charge in [0.15, 0.2) is 0 Å². The molecule has 0 saturated heterocycles. The van der Waals surface area contributed by atoms with Crippen molar-refractivity contribution in [2.45, 2.75) is 40.7 Å². The maximum absolute atomic E-state index is 12.4. The van der Waals surface area contributed by atoms with Crippen molar-refractivity contribution in [3.8, 4) is 5.75 Å². The lowest BCUT2D eigenvalue weighted by molar-refractivity contribution is 0.0848. The summed E-state index contributed by atoms with van der Waals surface area (Å²) in [7, 11) is 0. The molecule has 152 valence electrons. The first-order valence-corrected chi connectivity index (χ1v) is 10.0. The van der Waals surface area contributed by atoms with Crippen LogP contribution in [-0.2, 0) is 13.0 Å². The molecule has 8 heteroatoms. The number of rotatable bonds is 6. The van der Waals surface area contributed by atoms with Gasteiger partial charge in [-0.3, -0.25) is 20.4 Å². The van der Waals surface area contributed by atoms with E-state index < -0.39 is 5.91 Å². The highest BCUT2D eigenvalue weighted by Gasteiger charge is 2.14. The number of ether oxygens (including phenoxy) is 1. The molecule has 0 unspecified atom stereocenters. The number of hydrazine groups is 1. The summed E-state index contributed by atoms with van der Waals surface area (Å²) in [6.45, 7) is 7.98. The number of hydrogen-bond acceptors (Lipinski definition) is 6. The Balaban J connectivity index is 1.59. The van der Waals surface area contributed by atoms with Gasteiger partial charge < -0.3 is 9.26 Å². The molecule has 2 aromatic heterocycles. The second kappa shape index (κ2) is 8.91. The fourth-order valence-corrected chi connectivity index (χ4v) is 3.83. The molecule has 0 aliphatic heterocycles. The molecule has 0 aliphatic carbocycles. The summed E-state index contributed by atoms with van der Waals surface area (Å²) >= 11 is 1.43. The Kier molecular flexibility index (Phi) is 6.33. The second-order valence-corrected chi connectivity index (χ2v) is 7.73. The molecule has 7 nitrogen and oxygen atoms in total. The van der Waals surface area contributed by atoms with Gasteiger partial charge in [-0.1, -0.05) is 18.1 Å². The van der Waals surface area contributed by atoms with E-state index in [0.717, 1.165) is 28.1 Å². The molecule has 1 aromatic carbocycles. The molecule has 0 atom stereocenters. The molecule has 2 amide bonds. The topological polar surface area (TPSA) is 93.5 Å². The van der Waals surface area contributed by atoms with Crippen molar-refractivity contribution in [2.75, 3.05) is 0 Å². The number of hydrogen-bond donors (Lipinski definition) is 2. The molecule has 0 fully saturated rings. The highest BCUT2D eigenvalue weighted by molar-refractivity contribution is 7.14. The molecule has 2 N–H and O–H groups in total. The molecular formula is C21H23N3O4S. The minimum Gasteiger partial charge on any atom is -0.489 e. The number of aromatic nitrogens is 1. The van der Waals surface area contributed by atoms with Gasteiger partial charge in [-0.05, 0) is 57.0 Å². The van der Waals surface area contributed by atoms with E-state index in [1.807, 2.05) is 33.8 Å². The van der Waals surface area contributed by atoms with E-state index in [1.165, 1.54) is 11.3 Å². The van der Waals surface area contributed by atoms with Crippen molar-refractivity contribution in [1.29, 1.82) is 0 Å². The minimum absolute atomic E-state index is 0.292. The van der Waals surface area contributed by atoms with Crippen LogP contribution in [0, 0.1) is 20.8 Å². The summed E-state index contributed by atoms with van der Waals surface area (Å²) in [4.78, 5) is 26.4. The van der Waals surface area contributed by atoms with Gasteiger partial charge in [0.25, 0.3) is 11.8 Å². The van der Waals surface area contributed by atoms with Crippen LogP contribution in [0.1, 0.15) is 54.4 Å².